The van der Waals surface area contributed by atoms with Crippen LogP contribution in [0.25, 0.3) is 10.9 Å². The topological polar surface area (TPSA) is 87.6 Å². The normalized spacial score (nSPS) is 14.1. The molecule has 3 amide bonds. The Morgan fingerprint density at radius 2 is 1.62 bits per heavy atom. The number of unbranched alkanes of at least 4 members (excludes halogenated alkanes) is 1. The number of piperidine rings is 1. The molecule has 8 heteroatoms. The van der Waals surface area contributed by atoms with E-state index in [0.717, 1.165) is 49.7 Å². The van der Waals surface area contributed by atoms with Gasteiger partial charge in [-0.3, -0.25) is 4.79 Å². The molecule has 0 bridgehead atoms. The van der Waals surface area contributed by atoms with E-state index in [4.69, 9.17) is 4.74 Å². The molecule has 0 atom stereocenters. The third-order valence-corrected chi connectivity index (χ3v) is 8.85. The van der Waals surface area contributed by atoms with Gasteiger partial charge in [-0.1, -0.05) is 27.2 Å². The van der Waals surface area contributed by atoms with Crippen LogP contribution >= 0.6 is 0 Å². The molecule has 1 aliphatic rings. The number of amides is 3. The molecule has 3 N–H and O–H groups in total. The van der Waals surface area contributed by atoms with Crippen molar-refractivity contribution in [3.05, 3.63) is 84.1 Å². The van der Waals surface area contributed by atoms with Crippen LogP contribution in [0.2, 0.25) is 0 Å². The van der Waals surface area contributed by atoms with Gasteiger partial charge in [-0.15, -0.1) is 0 Å². The van der Waals surface area contributed by atoms with E-state index in [-0.39, 0.29) is 18.0 Å². The maximum absolute atomic E-state index is 13.2. The third-order valence-electron chi connectivity index (χ3n) is 8.85. The van der Waals surface area contributed by atoms with E-state index < -0.39 is 0 Å². The van der Waals surface area contributed by atoms with Crippen LogP contribution in [0.3, 0.4) is 0 Å². The lowest BCUT2D eigenvalue weighted by molar-refractivity contribution is 0.102. The first kappa shape index (κ1) is 32.1. The van der Waals surface area contributed by atoms with Crippen LogP contribution < -0.4 is 20.7 Å². The number of benzene rings is 3. The molecule has 3 aromatic carbocycles. The van der Waals surface area contributed by atoms with Crippen molar-refractivity contribution < 1.29 is 14.3 Å². The number of carbonyl (C=O) groups excluding carboxylic acids is 2. The largest absolute Gasteiger partial charge is 0.457 e. The smallest absolute Gasteiger partial charge is 0.319 e. The average molecular weight is 610 g/mol. The van der Waals surface area contributed by atoms with E-state index in [2.05, 4.69) is 64.5 Å². The van der Waals surface area contributed by atoms with Crippen molar-refractivity contribution in [2.75, 3.05) is 30.3 Å². The minimum absolute atomic E-state index is 0.140. The fourth-order valence-electron chi connectivity index (χ4n) is 6.05. The van der Waals surface area contributed by atoms with E-state index >= 15 is 0 Å². The molecule has 1 aliphatic heterocycles. The van der Waals surface area contributed by atoms with Crippen LogP contribution in [0.4, 0.5) is 16.2 Å². The lowest BCUT2D eigenvalue weighted by Crippen LogP contribution is -2.37. The summed E-state index contributed by atoms with van der Waals surface area (Å²) >= 11 is 0. The molecule has 1 fully saturated rings. The Morgan fingerprint density at radius 1 is 0.889 bits per heavy atom. The van der Waals surface area contributed by atoms with Crippen LogP contribution in [0.5, 0.6) is 11.5 Å². The Morgan fingerprint density at radius 3 is 2.31 bits per heavy atom. The first-order valence-electron chi connectivity index (χ1n) is 16.5. The van der Waals surface area contributed by atoms with Crippen LogP contribution in [0.15, 0.2) is 72.9 Å². The molecule has 0 unspecified atom stereocenters. The summed E-state index contributed by atoms with van der Waals surface area (Å²) in [6, 6.07) is 21.4. The summed E-state index contributed by atoms with van der Waals surface area (Å²) in [6.07, 6.45) is 8.80. The SMILES string of the molecule is CCCCN1CCC(n2ccc3cc(C(=O)Nc4ccc(Oc5ccc(NC(=O)NC(CC)CC)cc5)c(C)c4)ccc32)CC1. The van der Waals surface area contributed by atoms with Crippen molar-refractivity contribution in [1.82, 2.24) is 14.8 Å². The number of ether oxygens (including phenoxy) is 1. The second-order valence-corrected chi connectivity index (χ2v) is 12.1. The number of nitrogens with one attached hydrogen (secondary N) is 3. The number of aromatic nitrogens is 1. The zero-order valence-corrected chi connectivity index (χ0v) is 27.1. The van der Waals surface area contributed by atoms with Gasteiger partial charge in [0.15, 0.2) is 0 Å². The highest BCUT2D eigenvalue weighted by atomic mass is 16.5. The van der Waals surface area contributed by atoms with Crippen molar-refractivity contribution in [2.45, 2.75) is 78.3 Å². The number of carbonyl (C=O) groups is 2. The second kappa shape index (κ2) is 15.1. The van der Waals surface area contributed by atoms with E-state index in [0.29, 0.717) is 34.5 Å². The Hall–Kier alpha value is -4.30. The van der Waals surface area contributed by atoms with Gasteiger partial charge >= 0.3 is 6.03 Å². The van der Waals surface area contributed by atoms with Crippen LogP contribution in [-0.4, -0.2) is 47.1 Å². The van der Waals surface area contributed by atoms with Gasteiger partial charge in [0.2, 0.25) is 0 Å². The average Bonchev–Trinajstić information content (AvgIpc) is 3.48. The molecule has 45 heavy (non-hydrogen) atoms. The summed E-state index contributed by atoms with van der Waals surface area (Å²) in [5.74, 6) is 1.21. The van der Waals surface area contributed by atoms with Crippen LogP contribution in [-0.2, 0) is 0 Å². The van der Waals surface area contributed by atoms with Gasteiger partial charge < -0.3 is 30.2 Å². The highest BCUT2D eigenvalue weighted by Crippen LogP contribution is 2.30. The number of aryl methyl sites for hydroxylation is 1. The summed E-state index contributed by atoms with van der Waals surface area (Å²) in [7, 11) is 0. The number of likely N-dealkylation sites (tertiary alicyclic amines) is 1. The molecule has 4 aromatic rings. The van der Waals surface area contributed by atoms with Crippen molar-refractivity contribution >= 4 is 34.2 Å². The molecular formula is C37H47N5O3. The van der Waals surface area contributed by atoms with Gasteiger partial charge in [0.05, 0.1) is 0 Å². The number of hydrogen-bond acceptors (Lipinski definition) is 4. The van der Waals surface area contributed by atoms with Crippen molar-refractivity contribution in [1.29, 1.82) is 0 Å². The van der Waals surface area contributed by atoms with Gasteiger partial charge in [0.1, 0.15) is 11.5 Å². The van der Waals surface area contributed by atoms with Crippen molar-refractivity contribution in [2.24, 2.45) is 0 Å². The zero-order chi connectivity index (χ0) is 31.8. The number of hydrogen-bond donors (Lipinski definition) is 3. The van der Waals surface area contributed by atoms with Gasteiger partial charge in [-0.05, 0) is 118 Å². The molecule has 8 nitrogen and oxygen atoms in total. The third kappa shape index (κ3) is 8.25. The molecular weight excluding hydrogens is 562 g/mol. The van der Waals surface area contributed by atoms with Crippen molar-refractivity contribution in [3.63, 3.8) is 0 Å². The Balaban J connectivity index is 1.16. The molecule has 0 spiro atoms. The number of fused-ring (bicyclic) bond motifs is 1. The monoisotopic (exact) mass is 609 g/mol. The molecule has 5 rings (SSSR count). The van der Waals surface area contributed by atoms with Gasteiger partial charge in [-0.25, -0.2) is 4.79 Å². The van der Waals surface area contributed by atoms with E-state index in [1.807, 2.05) is 61.5 Å². The fraction of sp³-hybridized carbons (Fsp3) is 0.405. The molecule has 238 valence electrons. The number of urea groups is 1. The summed E-state index contributed by atoms with van der Waals surface area (Å²) in [6.45, 7) is 11.8. The van der Waals surface area contributed by atoms with Gasteiger partial charge in [0, 0.05) is 59.2 Å². The molecule has 0 radical (unpaired) electrons. The lowest BCUT2D eigenvalue weighted by atomic mass is 10.0. The fourth-order valence-corrected chi connectivity index (χ4v) is 6.05. The first-order valence-corrected chi connectivity index (χ1v) is 16.5. The highest BCUT2D eigenvalue weighted by molar-refractivity contribution is 6.06. The summed E-state index contributed by atoms with van der Waals surface area (Å²) in [5, 5.41) is 9.96. The zero-order valence-electron chi connectivity index (χ0n) is 27.1. The minimum Gasteiger partial charge on any atom is -0.457 e. The number of rotatable bonds is 12. The molecule has 0 aliphatic carbocycles. The maximum Gasteiger partial charge on any atom is 0.319 e. The summed E-state index contributed by atoms with van der Waals surface area (Å²) in [4.78, 5) is 28.0. The molecule has 1 aromatic heterocycles. The van der Waals surface area contributed by atoms with E-state index in [9.17, 15) is 9.59 Å². The Bertz CT molecular complexity index is 1580. The number of nitrogens with zero attached hydrogens (tertiary/aromatic N) is 2. The van der Waals surface area contributed by atoms with E-state index in [1.54, 1.807) is 0 Å². The minimum atomic E-state index is -0.210. The van der Waals surface area contributed by atoms with Crippen LogP contribution in [0.1, 0.15) is 81.3 Å². The quantitative estimate of drug-likeness (QED) is 0.150. The van der Waals surface area contributed by atoms with Crippen LogP contribution in [0, 0.1) is 6.92 Å². The highest BCUT2D eigenvalue weighted by Gasteiger charge is 2.21. The molecule has 1 saturated heterocycles. The van der Waals surface area contributed by atoms with Gasteiger partial charge in [-0.2, -0.15) is 0 Å². The maximum atomic E-state index is 13.2. The standard InChI is InChI=1S/C37H47N5O3/c1-5-8-20-41-21-18-32(19-22-41)42-23-17-27-25-28(9-15-34(27)42)36(43)38-31-12-16-35(26(4)24-31)45-33-13-10-30(11-14-33)40-37(44)39-29(6-2)7-3/h9-17,23-25,29,32H,5-8,18-22H2,1-4H3,(H,38,43)(H2,39,40,44). The summed E-state index contributed by atoms with van der Waals surface area (Å²) in [5.41, 5.74) is 4.12. The Labute approximate surface area is 267 Å². The predicted octanol–water partition coefficient (Wildman–Crippen LogP) is 8.74. The Kier molecular flexibility index (Phi) is 10.8. The second-order valence-electron chi connectivity index (χ2n) is 12.1. The van der Waals surface area contributed by atoms with E-state index in [1.165, 1.54) is 24.9 Å². The molecule has 2 heterocycles. The predicted molar refractivity (Wildman–Crippen MR) is 184 cm³/mol. The lowest BCUT2D eigenvalue weighted by Gasteiger charge is -2.33. The summed E-state index contributed by atoms with van der Waals surface area (Å²) < 4.78 is 8.49. The molecule has 0 saturated carbocycles. The van der Waals surface area contributed by atoms with Crippen molar-refractivity contribution in [3.8, 4) is 11.5 Å². The number of anilines is 2. The van der Waals surface area contributed by atoms with Gasteiger partial charge in [0.25, 0.3) is 5.91 Å². The first-order chi connectivity index (χ1) is 21.9.